The van der Waals surface area contributed by atoms with Crippen molar-refractivity contribution in [3.8, 4) is 5.69 Å². The number of benzene rings is 8. The Hall–Kier alpha value is -6.16. The summed E-state index contributed by atoms with van der Waals surface area (Å²) in [5.41, 5.74) is 9.47. The summed E-state index contributed by atoms with van der Waals surface area (Å²) in [7, 11) is 0. The first kappa shape index (κ1) is 27.9. The Balaban J connectivity index is 1.03. The second-order valence-electron chi connectivity index (χ2n) is 12.6. The molecule has 3 heteroatoms. The van der Waals surface area contributed by atoms with Crippen LogP contribution in [-0.4, -0.2) is 4.57 Å². The Morgan fingerprint density at radius 1 is 0.449 bits per heavy atom. The van der Waals surface area contributed by atoms with Crippen molar-refractivity contribution in [3.63, 3.8) is 0 Å². The highest BCUT2D eigenvalue weighted by molar-refractivity contribution is 7.25. The van der Waals surface area contributed by atoms with Gasteiger partial charge in [-0.3, -0.25) is 0 Å². The lowest BCUT2D eigenvalue weighted by atomic mass is 9.98. The van der Waals surface area contributed by atoms with Gasteiger partial charge in [0.1, 0.15) is 0 Å². The second-order valence-corrected chi connectivity index (χ2v) is 13.7. The van der Waals surface area contributed by atoms with Gasteiger partial charge in [0.2, 0.25) is 0 Å². The van der Waals surface area contributed by atoms with Crippen molar-refractivity contribution < 1.29 is 0 Å². The lowest BCUT2D eigenvalue weighted by Crippen LogP contribution is -2.09. The highest BCUT2D eigenvalue weighted by Gasteiger charge is 2.18. The summed E-state index contributed by atoms with van der Waals surface area (Å²) in [5.74, 6) is 0. The van der Waals surface area contributed by atoms with E-state index in [1.807, 2.05) is 11.3 Å². The average Bonchev–Trinajstić information content (AvgIpc) is 3.71. The lowest BCUT2D eigenvalue weighted by molar-refractivity contribution is 1.18. The van der Waals surface area contributed by atoms with E-state index in [0.29, 0.717) is 0 Å². The number of thiophene rings is 1. The molecule has 0 bridgehead atoms. The molecule has 0 radical (unpaired) electrons. The van der Waals surface area contributed by atoms with Gasteiger partial charge in [0, 0.05) is 53.7 Å². The zero-order chi connectivity index (χ0) is 32.3. The van der Waals surface area contributed by atoms with Crippen LogP contribution in [0.4, 0.5) is 17.1 Å². The maximum atomic E-state index is 2.40. The van der Waals surface area contributed by atoms with Crippen LogP contribution < -0.4 is 4.90 Å². The molecule has 49 heavy (non-hydrogen) atoms. The van der Waals surface area contributed by atoms with Gasteiger partial charge in [0.25, 0.3) is 0 Å². The van der Waals surface area contributed by atoms with Crippen LogP contribution in [0.1, 0.15) is 11.1 Å². The van der Waals surface area contributed by atoms with Crippen molar-refractivity contribution in [2.45, 2.75) is 0 Å². The van der Waals surface area contributed by atoms with Gasteiger partial charge < -0.3 is 9.47 Å². The molecule has 10 rings (SSSR count). The molecular weight excluding hydrogens is 613 g/mol. The van der Waals surface area contributed by atoms with Gasteiger partial charge in [-0.1, -0.05) is 115 Å². The third-order valence-electron chi connectivity index (χ3n) is 9.75. The first-order chi connectivity index (χ1) is 24.3. The fraction of sp³-hybridized carbons (Fsp3) is 0. The SMILES string of the molecule is C(=C\c1ccc2c3c1ccc1cccc(c13)n2-c1ccccc1)/c1ccc(N(c2ccccc2)c2ccc3c(c2)sc2ccccc23)cc1. The smallest absolute Gasteiger partial charge is 0.0547 e. The van der Waals surface area contributed by atoms with Crippen molar-refractivity contribution in [1.29, 1.82) is 0 Å². The Kier molecular flexibility index (Phi) is 6.39. The van der Waals surface area contributed by atoms with Crippen molar-refractivity contribution in [3.05, 3.63) is 181 Å². The van der Waals surface area contributed by atoms with Gasteiger partial charge in [-0.15, -0.1) is 11.3 Å². The largest absolute Gasteiger partial charge is 0.310 e. The summed E-state index contributed by atoms with van der Waals surface area (Å²) in [5, 5.41) is 7.83. The molecule has 8 aromatic carbocycles. The fourth-order valence-electron chi connectivity index (χ4n) is 7.51. The minimum absolute atomic E-state index is 1.13. The fourth-order valence-corrected chi connectivity index (χ4v) is 8.65. The van der Waals surface area contributed by atoms with Gasteiger partial charge >= 0.3 is 0 Å². The van der Waals surface area contributed by atoms with E-state index in [1.165, 1.54) is 64.0 Å². The molecule has 0 saturated heterocycles. The Morgan fingerprint density at radius 3 is 2.00 bits per heavy atom. The van der Waals surface area contributed by atoms with Gasteiger partial charge in [-0.05, 0) is 88.6 Å². The predicted octanol–water partition coefficient (Wildman–Crippen LogP) is 13.4. The molecular formula is C46H30N2S. The summed E-state index contributed by atoms with van der Waals surface area (Å²) in [6.45, 7) is 0. The van der Waals surface area contributed by atoms with Crippen LogP contribution in [0.5, 0.6) is 0 Å². The van der Waals surface area contributed by atoms with E-state index in [4.69, 9.17) is 0 Å². The summed E-state index contributed by atoms with van der Waals surface area (Å²) in [6, 6.07) is 61.5. The van der Waals surface area contributed by atoms with Crippen LogP contribution in [-0.2, 0) is 0 Å². The van der Waals surface area contributed by atoms with Crippen LogP contribution in [0, 0.1) is 0 Å². The molecule has 0 atom stereocenters. The summed E-state index contributed by atoms with van der Waals surface area (Å²) in [6.07, 6.45) is 4.50. The number of anilines is 3. The molecule has 0 aliphatic rings. The highest BCUT2D eigenvalue weighted by Crippen LogP contribution is 2.42. The van der Waals surface area contributed by atoms with Crippen molar-refractivity contribution in [2.24, 2.45) is 0 Å². The molecule has 0 aliphatic carbocycles. The quantitative estimate of drug-likeness (QED) is 0.129. The van der Waals surface area contributed by atoms with Crippen LogP contribution in [0.15, 0.2) is 170 Å². The number of nitrogens with zero attached hydrogens (tertiary/aromatic N) is 2. The molecule has 0 aliphatic heterocycles. The van der Waals surface area contributed by atoms with E-state index in [1.54, 1.807) is 0 Å². The molecule has 0 N–H and O–H groups in total. The van der Waals surface area contributed by atoms with E-state index < -0.39 is 0 Å². The Labute approximate surface area is 288 Å². The molecule has 0 saturated carbocycles. The van der Waals surface area contributed by atoms with Crippen LogP contribution in [0.25, 0.3) is 70.6 Å². The van der Waals surface area contributed by atoms with Crippen LogP contribution >= 0.6 is 11.3 Å². The monoisotopic (exact) mass is 642 g/mol. The topological polar surface area (TPSA) is 8.17 Å². The number of hydrogen-bond acceptors (Lipinski definition) is 2. The molecule has 10 aromatic rings. The van der Waals surface area contributed by atoms with Gasteiger partial charge in [-0.2, -0.15) is 0 Å². The molecule has 2 nitrogen and oxygen atoms in total. The van der Waals surface area contributed by atoms with Gasteiger partial charge in [-0.25, -0.2) is 0 Å². The molecule has 2 heterocycles. The van der Waals surface area contributed by atoms with Crippen molar-refractivity contribution in [1.82, 2.24) is 4.57 Å². The average molecular weight is 643 g/mol. The van der Waals surface area contributed by atoms with E-state index in [-0.39, 0.29) is 0 Å². The Morgan fingerprint density at radius 2 is 1.14 bits per heavy atom. The Bertz CT molecular complexity index is 2810. The predicted molar refractivity (Wildman–Crippen MR) is 212 cm³/mol. The summed E-state index contributed by atoms with van der Waals surface area (Å²) < 4.78 is 5.02. The first-order valence-electron chi connectivity index (χ1n) is 16.7. The highest BCUT2D eigenvalue weighted by atomic mass is 32.1. The lowest BCUT2D eigenvalue weighted by Gasteiger charge is -2.25. The summed E-state index contributed by atoms with van der Waals surface area (Å²) >= 11 is 1.86. The van der Waals surface area contributed by atoms with E-state index in [2.05, 4.69) is 191 Å². The maximum absolute atomic E-state index is 2.40. The van der Waals surface area contributed by atoms with Crippen LogP contribution in [0.3, 0.4) is 0 Å². The third-order valence-corrected chi connectivity index (χ3v) is 10.9. The maximum Gasteiger partial charge on any atom is 0.0547 e. The standard InChI is InChI=1S/C46H30N2S/c1-3-11-34(12-4-1)47(37-26-28-40-39-15-7-8-17-43(39)49-44(40)30-37)36-24-19-31(20-25-36)18-21-32-23-29-42-46-38(32)27-22-33-10-9-16-41(45(33)46)48(42)35-13-5-2-6-14-35/h1-30H/b21-18+. The number of rotatable bonds is 6. The zero-order valence-electron chi connectivity index (χ0n) is 26.6. The second kappa shape index (κ2) is 11.2. The molecule has 0 unspecified atom stereocenters. The molecule has 0 spiro atoms. The van der Waals surface area contributed by atoms with Crippen molar-refractivity contribution >= 4 is 93.3 Å². The number of para-hydroxylation sites is 2. The zero-order valence-corrected chi connectivity index (χ0v) is 27.4. The molecule has 230 valence electrons. The first-order valence-corrected chi connectivity index (χ1v) is 17.5. The van der Waals surface area contributed by atoms with Gasteiger partial charge in [0.15, 0.2) is 0 Å². The third kappa shape index (κ3) is 4.55. The summed E-state index contributed by atoms with van der Waals surface area (Å²) in [4.78, 5) is 2.35. The number of aromatic nitrogens is 1. The van der Waals surface area contributed by atoms with E-state index >= 15 is 0 Å². The van der Waals surface area contributed by atoms with Crippen molar-refractivity contribution in [2.75, 3.05) is 4.90 Å². The number of hydrogen-bond donors (Lipinski definition) is 0. The van der Waals surface area contributed by atoms with Gasteiger partial charge in [0.05, 0.1) is 11.0 Å². The van der Waals surface area contributed by atoms with E-state index in [0.717, 1.165) is 22.6 Å². The number of fused-ring (bicyclic) bond motifs is 3. The molecule has 0 fully saturated rings. The molecule has 2 aromatic heterocycles. The minimum Gasteiger partial charge on any atom is -0.310 e. The van der Waals surface area contributed by atoms with E-state index in [9.17, 15) is 0 Å². The van der Waals surface area contributed by atoms with Crippen LogP contribution in [0.2, 0.25) is 0 Å². The minimum atomic E-state index is 1.13. The normalized spacial score (nSPS) is 12.0. The molecule has 0 amide bonds.